The van der Waals surface area contributed by atoms with Gasteiger partial charge in [0.1, 0.15) is 6.04 Å². The van der Waals surface area contributed by atoms with Crippen molar-refractivity contribution < 1.29 is 19.6 Å². The van der Waals surface area contributed by atoms with Crippen molar-refractivity contribution >= 4 is 29.0 Å². The normalized spacial score (nSPS) is 16.3. The third kappa shape index (κ3) is 8.01. The number of carbonyl (C=O) groups is 3. The number of hydrogen-bond donors (Lipinski definition) is 2. The van der Waals surface area contributed by atoms with Crippen molar-refractivity contribution in [1.29, 1.82) is 0 Å². The monoisotopic (exact) mass is 510 g/mol. The number of benzene rings is 2. The first-order valence-electron chi connectivity index (χ1n) is 13.3. The Morgan fingerprint density at radius 2 is 1.76 bits per heavy atom. The summed E-state index contributed by atoms with van der Waals surface area (Å²) in [5.74, 6) is -0.971. The van der Waals surface area contributed by atoms with E-state index in [0.717, 1.165) is 32.5 Å². The molecular weight excluding hydrogens is 468 g/mol. The fourth-order valence-corrected chi connectivity index (χ4v) is 4.84. The van der Waals surface area contributed by atoms with Gasteiger partial charge < -0.3 is 10.2 Å². The average molecular weight is 511 g/mol. The third-order valence-corrected chi connectivity index (χ3v) is 7.11. The molecule has 3 amide bonds. The number of nitrogens with one attached hydrogen (secondary N) is 1. The van der Waals surface area contributed by atoms with E-state index in [1.54, 1.807) is 0 Å². The molecular formula is C29H42N4O4. The summed E-state index contributed by atoms with van der Waals surface area (Å²) in [5, 5.41) is 15.6. The number of fused-ring (bicyclic) bond motifs is 1. The molecule has 0 spiro atoms. The molecule has 0 aromatic heterocycles. The van der Waals surface area contributed by atoms with Gasteiger partial charge in [-0.1, -0.05) is 76.9 Å². The highest BCUT2D eigenvalue weighted by Gasteiger charge is 2.38. The molecule has 37 heavy (non-hydrogen) atoms. The van der Waals surface area contributed by atoms with E-state index in [4.69, 9.17) is 0 Å². The minimum absolute atomic E-state index is 0.0864. The summed E-state index contributed by atoms with van der Waals surface area (Å²) in [5.41, 5.74) is 0.762. The number of carbonyl (C=O) groups excluding carboxylic acids is 3. The Kier molecular flexibility index (Phi) is 10.1. The van der Waals surface area contributed by atoms with E-state index >= 15 is 0 Å². The average Bonchev–Trinajstić information content (AvgIpc) is 2.88. The first-order valence-corrected chi connectivity index (χ1v) is 13.3. The lowest BCUT2D eigenvalue weighted by Crippen LogP contribution is -2.59. The first kappa shape index (κ1) is 28.6. The molecule has 8 nitrogen and oxygen atoms in total. The summed E-state index contributed by atoms with van der Waals surface area (Å²) in [6, 6.07) is 14.2. The lowest BCUT2D eigenvalue weighted by Gasteiger charge is -2.40. The zero-order valence-corrected chi connectivity index (χ0v) is 22.7. The topological polar surface area (TPSA) is 93.2 Å². The van der Waals surface area contributed by atoms with Gasteiger partial charge in [-0.15, -0.1) is 0 Å². The van der Waals surface area contributed by atoms with Gasteiger partial charge in [0.05, 0.1) is 12.5 Å². The second-order valence-electron chi connectivity index (χ2n) is 11.2. The number of hydrogen-bond acceptors (Lipinski definition) is 5. The van der Waals surface area contributed by atoms with Crippen LogP contribution in [-0.2, 0) is 20.9 Å². The van der Waals surface area contributed by atoms with E-state index in [9.17, 15) is 19.6 Å². The highest BCUT2D eigenvalue weighted by Crippen LogP contribution is 2.24. The number of hydroxylamine groups is 2. The fraction of sp³-hybridized carbons (Fsp3) is 0.552. The summed E-state index contributed by atoms with van der Waals surface area (Å²) in [6.45, 7) is 11.3. The fourth-order valence-electron chi connectivity index (χ4n) is 4.84. The Hall–Kier alpha value is -2.97. The number of rotatable bonds is 11. The highest BCUT2D eigenvalue weighted by atomic mass is 16.5. The zero-order chi connectivity index (χ0) is 27.0. The van der Waals surface area contributed by atoms with Crippen molar-refractivity contribution in [1.82, 2.24) is 20.2 Å². The summed E-state index contributed by atoms with van der Waals surface area (Å²) < 4.78 is 0. The third-order valence-electron chi connectivity index (χ3n) is 7.11. The molecule has 8 heteroatoms. The Balaban J connectivity index is 1.61. The number of unbranched alkanes of at least 4 members (excludes halogenated alkanes) is 1. The molecule has 1 fully saturated rings. The quantitative estimate of drug-likeness (QED) is 0.273. The molecule has 1 saturated heterocycles. The van der Waals surface area contributed by atoms with Gasteiger partial charge >= 0.3 is 0 Å². The standard InChI is InChI=1S/C29H42N4O4/c1-5-6-9-25(20-33(37)21-34)27(35)30-26(29(2,3)4)28(36)32-16-14-31(15-17-32)19-22-12-13-23-10-7-8-11-24(23)18-22/h7-8,10-13,18,21,25-26,37H,5-6,9,14-17,19-20H2,1-4H3,(H,30,35)/t25-,26?/m1/s1. The van der Waals surface area contributed by atoms with Crippen molar-refractivity contribution in [2.24, 2.45) is 11.3 Å². The lowest BCUT2D eigenvalue weighted by molar-refractivity contribution is -0.155. The van der Waals surface area contributed by atoms with Crippen LogP contribution in [0, 0.1) is 11.3 Å². The molecule has 0 aliphatic carbocycles. The second-order valence-corrected chi connectivity index (χ2v) is 11.2. The minimum atomic E-state index is -0.695. The van der Waals surface area contributed by atoms with Gasteiger partial charge in [0.25, 0.3) is 0 Å². The molecule has 3 rings (SSSR count). The van der Waals surface area contributed by atoms with Crippen LogP contribution >= 0.6 is 0 Å². The van der Waals surface area contributed by atoms with Crippen LogP contribution in [-0.4, -0.2) is 77.1 Å². The summed E-state index contributed by atoms with van der Waals surface area (Å²) in [6.07, 6.45) is 2.52. The molecule has 0 saturated carbocycles. The van der Waals surface area contributed by atoms with Crippen LogP contribution in [0.3, 0.4) is 0 Å². The molecule has 1 aliphatic heterocycles. The van der Waals surface area contributed by atoms with E-state index in [1.165, 1.54) is 16.3 Å². The van der Waals surface area contributed by atoms with Crippen LogP contribution in [0.2, 0.25) is 0 Å². The Labute approximate surface area is 220 Å². The Morgan fingerprint density at radius 1 is 1.08 bits per heavy atom. The summed E-state index contributed by atoms with van der Waals surface area (Å²) >= 11 is 0. The van der Waals surface area contributed by atoms with E-state index in [2.05, 4.69) is 46.6 Å². The predicted molar refractivity (Wildman–Crippen MR) is 145 cm³/mol. The molecule has 0 radical (unpaired) electrons. The number of nitrogens with zero attached hydrogens (tertiary/aromatic N) is 3. The van der Waals surface area contributed by atoms with Crippen LogP contribution in [0.1, 0.15) is 52.5 Å². The van der Waals surface area contributed by atoms with Crippen LogP contribution in [0.25, 0.3) is 10.8 Å². The number of piperazine rings is 1. The van der Waals surface area contributed by atoms with Crippen LogP contribution in [0.4, 0.5) is 0 Å². The van der Waals surface area contributed by atoms with Crippen LogP contribution in [0.15, 0.2) is 42.5 Å². The minimum Gasteiger partial charge on any atom is -0.344 e. The van der Waals surface area contributed by atoms with Crippen LogP contribution < -0.4 is 5.32 Å². The molecule has 202 valence electrons. The van der Waals surface area contributed by atoms with Gasteiger partial charge in [-0.2, -0.15) is 0 Å². The van der Waals surface area contributed by atoms with Crippen molar-refractivity contribution in [3.05, 3.63) is 48.0 Å². The smallest absolute Gasteiger partial charge is 0.245 e. The van der Waals surface area contributed by atoms with E-state index in [-0.39, 0.29) is 18.4 Å². The largest absolute Gasteiger partial charge is 0.344 e. The van der Waals surface area contributed by atoms with Gasteiger partial charge in [-0.05, 0) is 34.2 Å². The lowest BCUT2D eigenvalue weighted by atomic mass is 9.85. The molecule has 2 atom stereocenters. The van der Waals surface area contributed by atoms with Crippen molar-refractivity contribution in [2.75, 3.05) is 32.7 Å². The van der Waals surface area contributed by atoms with Crippen LogP contribution in [0.5, 0.6) is 0 Å². The SMILES string of the molecule is CCCC[C@H](CN(O)C=O)C(=O)NC(C(=O)N1CCN(Cc2ccc3ccccc3c2)CC1)C(C)(C)C. The molecule has 0 bridgehead atoms. The van der Waals surface area contributed by atoms with E-state index in [1.807, 2.05) is 38.7 Å². The molecule has 2 N–H and O–H groups in total. The van der Waals surface area contributed by atoms with Gasteiger partial charge in [0.2, 0.25) is 18.2 Å². The second kappa shape index (κ2) is 13.0. The van der Waals surface area contributed by atoms with Gasteiger partial charge in [0, 0.05) is 32.7 Å². The van der Waals surface area contributed by atoms with Crippen molar-refractivity contribution in [3.8, 4) is 0 Å². The maximum Gasteiger partial charge on any atom is 0.245 e. The highest BCUT2D eigenvalue weighted by molar-refractivity contribution is 5.89. The van der Waals surface area contributed by atoms with Gasteiger partial charge in [-0.25, -0.2) is 5.06 Å². The number of amides is 3. The Morgan fingerprint density at radius 3 is 2.38 bits per heavy atom. The Bertz CT molecular complexity index is 1060. The zero-order valence-electron chi connectivity index (χ0n) is 22.7. The summed E-state index contributed by atoms with van der Waals surface area (Å²) in [4.78, 5) is 41.8. The van der Waals surface area contributed by atoms with Crippen molar-refractivity contribution in [2.45, 2.75) is 59.5 Å². The molecule has 2 aromatic rings. The molecule has 2 aromatic carbocycles. The van der Waals surface area contributed by atoms with E-state index in [0.29, 0.717) is 31.0 Å². The van der Waals surface area contributed by atoms with Gasteiger partial charge in [-0.3, -0.25) is 24.5 Å². The predicted octanol–water partition coefficient (Wildman–Crippen LogP) is 3.67. The first-order chi connectivity index (χ1) is 17.6. The maximum absolute atomic E-state index is 13.6. The van der Waals surface area contributed by atoms with E-state index < -0.39 is 17.4 Å². The molecule has 1 unspecified atom stereocenters. The molecule has 1 aliphatic rings. The van der Waals surface area contributed by atoms with Crippen molar-refractivity contribution in [3.63, 3.8) is 0 Å². The summed E-state index contributed by atoms with van der Waals surface area (Å²) in [7, 11) is 0. The maximum atomic E-state index is 13.6. The molecule has 1 heterocycles. The van der Waals surface area contributed by atoms with Gasteiger partial charge in [0.15, 0.2) is 0 Å².